The maximum Gasteiger partial charge on any atom is 0.335 e. The van der Waals surface area contributed by atoms with Crippen LogP contribution in [0.4, 0.5) is 0 Å². The van der Waals surface area contributed by atoms with E-state index in [2.05, 4.69) is 21.5 Å². The Balaban J connectivity index is 1.76. The van der Waals surface area contributed by atoms with Crippen molar-refractivity contribution in [3.8, 4) is 0 Å². The first-order chi connectivity index (χ1) is 10.2. The molecule has 1 aromatic carbocycles. The van der Waals surface area contributed by atoms with Crippen molar-refractivity contribution >= 4 is 5.97 Å². The Hall–Kier alpha value is -2.14. The van der Waals surface area contributed by atoms with Gasteiger partial charge in [-0.25, -0.2) is 9.78 Å². The predicted octanol–water partition coefficient (Wildman–Crippen LogP) is 2.15. The van der Waals surface area contributed by atoms with E-state index < -0.39 is 5.97 Å². The van der Waals surface area contributed by atoms with E-state index in [1.54, 1.807) is 18.3 Å². The molecule has 0 aliphatic heterocycles. The number of aryl methyl sites for hydroxylation is 1. The number of aromatic nitrogens is 2. The van der Waals surface area contributed by atoms with Crippen LogP contribution in [-0.2, 0) is 13.0 Å². The summed E-state index contributed by atoms with van der Waals surface area (Å²) in [6, 6.07) is 7.21. The number of aromatic carboxylic acids is 1. The zero-order valence-corrected chi connectivity index (χ0v) is 12.3. The van der Waals surface area contributed by atoms with Crippen molar-refractivity contribution in [3.63, 3.8) is 0 Å². The SMILES string of the molecule is CN(CCCn1ccnc1)CCc1ccccc1C(=O)O. The molecule has 2 aromatic rings. The van der Waals surface area contributed by atoms with Gasteiger partial charge in [-0.3, -0.25) is 0 Å². The molecule has 1 N–H and O–H groups in total. The summed E-state index contributed by atoms with van der Waals surface area (Å²) < 4.78 is 2.06. The van der Waals surface area contributed by atoms with Crippen molar-refractivity contribution in [2.75, 3.05) is 20.1 Å². The second-order valence-electron chi connectivity index (χ2n) is 5.17. The third-order valence-electron chi connectivity index (χ3n) is 3.53. The fraction of sp³-hybridized carbons (Fsp3) is 0.375. The maximum atomic E-state index is 11.1. The Kier molecular flexibility index (Phi) is 5.51. The molecule has 0 unspecified atom stereocenters. The zero-order valence-electron chi connectivity index (χ0n) is 12.3. The minimum absolute atomic E-state index is 0.407. The van der Waals surface area contributed by atoms with E-state index in [1.807, 2.05) is 24.7 Å². The highest BCUT2D eigenvalue weighted by Gasteiger charge is 2.09. The smallest absolute Gasteiger partial charge is 0.335 e. The third-order valence-corrected chi connectivity index (χ3v) is 3.53. The average molecular weight is 287 g/mol. The predicted molar refractivity (Wildman–Crippen MR) is 81.4 cm³/mol. The second kappa shape index (κ2) is 7.59. The lowest BCUT2D eigenvalue weighted by atomic mass is 10.0. The number of hydrogen-bond acceptors (Lipinski definition) is 3. The first-order valence-corrected chi connectivity index (χ1v) is 7.12. The normalized spacial score (nSPS) is 11.0. The number of rotatable bonds is 8. The lowest BCUT2D eigenvalue weighted by molar-refractivity contribution is 0.0695. The summed E-state index contributed by atoms with van der Waals surface area (Å²) in [4.78, 5) is 17.4. The molecule has 21 heavy (non-hydrogen) atoms. The first-order valence-electron chi connectivity index (χ1n) is 7.12. The number of imidazole rings is 1. The molecule has 0 saturated carbocycles. The summed E-state index contributed by atoms with van der Waals surface area (Å²) in [5.74, 6) is -0.853. The van der Waals surface area contributed by atoms with Crippen LogP contribution in [-0.4, -0.2) is 45.7 Å². The van der Waals surface area contributed by atoms with E-state index in [1.165, 1.54) is 0 Å². The standard InChI is InChI=1S/C16H21N3O2/c1-18(9-4-10-19-12-8-17-13-19)11-7-14-5-2-3-6-15(14)16(20)21/h2-3,5-6,8,12-13H,4,7,9-11H2,1H3,(H,20,21). The number of benzene rings is 1. The van der Waals surface area contributed by atoms with Gasteiger partial charge in [0, 0.05) is 25.5 Å². The van der Waals surface area contributed by atoms with E-state index in [9.17, 15) is 4.79 Å². The topological polar surface area (TPSA) is 58.4 Å². The molecular formula is C16H21N3O2. The van der Waals surface area contributed by atoms with Gasteiger partial charge in [0.2, 0.25) is 0 Å². The molecule has 2 rings (SSSR count). The van der Waals surface area contributed by atoms with Crippen LogP contribution in [0.2, 0.25) is 0 Å². The zero-order chi connectivity index (χ0) is 15.1. The summed E-state index contributed by atoms with van der Waals surface area (Å²) in [5, 5.41) is 9.16. The quantitative estimate of drug-likeness (QED) is 0.808. The fourth-order valence-electron chi connectivity index (χ4n) is 2.31. The van der Waals surface area contributed by atoms with E-state index in [-0.39, 0.29) is 0 Å². The molecule has 1 heterocycles. The van der Waals surface area contributed by atoms with Crippen LogP contribution >= 0.6 is 0 Å². The third kappa shape index (κ3) is 4.72. The van der Waals surface area contributed by atoms with Gasteiger partial charge in [0.1, 0.15) is 0 Å². The minimum atomic E-state index is -0.853. The van der Waals surface area contributed by atoms with Crippen LogP contribution in [0.5, 0.6) is 0 Å². The van der Waals surface area contributed by atoms with Crippen LogP contribution in [0.1, 0.15) is 22.3 Å². The van der Waals surface area contributed by atoms with Crippen LogP contribution in [0.15, 0.2) is 43.0 Å². The van der Waals surface area contributed by atoms with Crippen molar-refractivity contribution in [1.82, 2.24) is 14.5 Å². The molecular weight excluding hydrogens is 266 g/mol. The lowest BCUT2D eigenvalue weighted by Crippen LogP contribution is -2.24. The van der Waals surface area contributed by atoms with Crippen LogP contribution in [0.3, 0.4) is 0 Å². The van der Waals surface area contributed by atoms with Gasteiger partial charge in [0.25, 0.3) is 0 Å². The van der Waals surface area contributed by atoms with Gasteiger partial charge < -0.3 is 14.6 Å². The van der Waals surface area contributed by atoms with Crippen LogP contribution < -0.4 is 0 Å². The number of carbonyl (C=O) groups is 1. The van der Waals surface area contributed by atoms with Gasteiger partial charge in [-0.05, 0) is 38.1 Å². The summed E-state index contributed by atoms with van der Waals surface area (Å²) in [7, 11) is 2.07. The van der Waals surface area contributed by atoms with Crippen molar-refractivity contribution in [2.45, 2.75) is 19.4 Å². The molecule has 0 saturated heterocycles. The van der Waals surface area contributed by atoms with Crippen LogP contribution in [0, 0.1) is 0 Å². The summed E-state index contributed by atoms with van der Waals surface area (Å²) in [6.45, 7) is 2.79. The number of carboxylic acid groups (broad SMARTS) is 1. The molecule has 0 radical (unpaired) electrons. The van der Waals surface area contributed by atoms with Gasteiger partial charge in [-0.15, -0.1) is 0 Å². The molecule has 0 fully saturated rings. The van der Waals surface area contributed by atoms with Gasteiger partial charge in [0.05, 0.1) is 11.9 Å². The van der Waals surface area contributed by atoms with Gasteiger partial charge in [0.15, 0.2) is 0 Å². The molecule has 5 heteroatoms. The minimum Gasteiger partial charge on any atom is -0.478 e. The maximum absolute atomic E-state index is 11.1. The molecule has 0 atom stereocenters. The highest BCUT2D eigenvalue weighted by atomic mass is 16.4. The molecule has 0 bridgehead atoms. The largest absolute Gasteiger partial charge is 0.478 e. The van der Waals surface area contributed by atoms with Gasteiger partial charge in [-0.1, -0.05) is 18.2 Å². The van der Waals surface area contributed by atoms with Gasteiger partial charge in [-0.2, -0.15) is 0 Å². The highest BCUT2D eigenvalue weighted by Crippen LogP contribution is 2.10. The molecule has 0 spiro atoms. The Bertz CT molecular complexity index is 567. The van der Waals surface area contributed by atoms with Crippen LogP contribution in [0.25, 0.3) is 0 Å². The van der Waals surface area contributed by atoms with Gasteiger partial charge >= 0.3 is 5.97 Å². The van der Waals surface area contributed by atoms with Crippen molar-refractivity contribution in [1.29, 1.82) is 0 Å². The van der Waals surface area contributed by atoms with E-state index in [4.69, 9.17) is 5.11 Å². The molecule has 112 valence electrons. The molecule has 0 amide bonds. The summed E-state index contributed by atoms with van der Waals surface area (Å²) in [5.41, 5.74) is 1.30. The average Bonchev–Trinajstić information content (AvgIpc) is 2.98. The summed E-state index contributed by atoms with van der Waals surface area (Å²) in [6.07, 6.45) is 7.37. The first kappa shape index (κ1) is 15.3. The Morgan fingerprint density at radius 3 is 2.86 bits per heavy atom. The van der Waals surface area contributed by atoms with Crippen molar-refractivity contribution < 1.29 is 9.90 Å². The monoisotopic (exact) mass is 287 g/mol. The van der Waals surface area contributed by atoms with E-state index >= 15 is 0 Å². The highest BCUT2D eigenvalue weighted by molar-refractivity contribution is 5.89. The number of carboxylic acids is 1. The second-order valence-corrected chi connectivity index (χ2v) is 5.17. The number of hydrogen-bond donors (Lipinski definition) is 1. The van der Waals surface area contributed by atoms with Crippen molar-refractivity contribution in [2.24, 2.45) is 0 Å². The van der Waals surface area contributed by atoms with E-state index in [0.29, 0.717) is 5.56 Å². The van der Waals surface area contributed by atoms with E-state index in [0.717, 1.165) is 38.0 Å². The molecule has 5 nitrogen and oxygen atoms in total. The molecule has 1 aromatic heterocycles. The Labute approximate surface area is 124 Å². The Morgan fingerprint density at radius 1 is 1.33 bits per heavy atom. The number of likely N-dealkylation sites (N-methyl/N-ethyl adjacent to an activating group) is 1. The number of nitrogens with zero attached hydrogens (tertiary/aromatic N) is 3. The molecule has 0 aliphatic rings. The summed E-state index contributed by atoms with van der Waals surface area (Å²) >= 11 is 0. The fourth-order valence-corrected chi connectivity index (χ4v) is 2.31. The Morgan fingerprint density at radius 2 is 2.14 bits per heavy atom. The molecule has 0 aliphatic carbocycles. The lowest BCUT2D eigenvalue weighted by Gasteiger charge is -2.17. The van der Waals surface area contributed by atoms with Crippen molar-refractivity contribution in [3.05, 3.63) is 54.1 Å².